The molecule has 0 atom stereocenters. The van der Waals surface area contributed by atoms with Crippen LogP contribution in [0.15, 0.2) is 52.9 Å². The van der Waals surface area contributed by atoms with Crippen molar-refractivity contribution in [2.75, 3.05) is 7.11 Å². The van der Waals surface area contributed by atoms with Gasteiger partial charge in [0.15, 0.2) is 5.89 Å². The van der Waals surface area contributed by atoms with Crippen molar-refractivity contribution < 1.29 is 9.15 Å². The van der Waals surface area contributed by atoms with Gasteiger partial charge in [0, 0.05) is 17.0 Å². The third kappa shape index (κ3) is 3.15. The normalized spacial score (nSPS) is 10.7. The van der Waals surface area contributed by atoms with E-state index < -0.39 is 0 Å². The molecule has 0 saturated carbocycles. The van der Waals surface area contributed by atoms with Crippen LogP contribution in [0.3, 0.4) is 0 Å². The molecule has 2 aromatic carbocycles. The highest BCUT2D eigenvalue weighted by molar-refractivity contribution is 6.30. The maximum atomic E-state index is 6.01. The Morgan fingerprint density at radius 1 is 1.14 bits per heavy atom. The molecular weight excluding hydrogens is 298 g/mol. The molecule has 0 spiro atoms. The first-order valence-corrected chi connectivity index (χ1v) is 7.38. The van der Waals surface area contributed by atoms with Crippen LogP contribution in [-0.2, 0) is 6.42 Å². The van der Waals surface area contributed by atoms with Gasteiger partial charge in [-0.25, -0.2) is 4.98 Å². The summed E-state index contributed by atoms with van der Waals surface area (Å²) in [4.78, 5) is 4.61. The molecule has 0 aliphatic rings. The SMILES string of the molecule is COc1ccc(-c2nc(Cc3cccc(Cl)c3)oc2C)cc1. The zero-order valence-corrected chi connectivity index (χ0v) is 13.2. The predicted octanol–water partition coefficient (Wildman–Crippen LogP) is 4.90. The van der Waals surface area contributed by atoms with Crippen molar-refractivity contribution in [1.29, 1.82) is 0 Å². The molecule has 0 saturated heterocycles. The summed E-state index contributed by atoms with van der Waals surface area (Å²) in [5, 5.41) is 0.719. The van der Waals surface area contributed by atoms with Gasteiger partial charge < -0.3 is 9.15 Å². The minimum atomic E-state index is 0.623. The standard InChI is InChI=1S/C18H16ClNO2/c1-12-18(14-6-8-16(21-2)9-7-14)20-17(22-12)11-13-4-3-5-15(19)10-13/h3-10H,11H2,1-2H3. The van der Waals surface area contributed by atoms with Crippen LogP contribution < -0.4 is 4.74 Å². The molecule has 1 aromatic heterocycles. The lowest BCUT2D eigenvalue weighted by molar-refractivity contribution is 0.415. The van der Waals surface area contributed by atoms with E-state index in [0.29, 0.717) is 12.3 Å². The Kier molecular flexibility index (Phi) is 4.16. The van der Waals surface area contributed by atoms with Crippen molar-refractivity contribution in [2.45, 2.75) is 13.3 Å². The van der Waals surface area contributed by atoms with E-state index in [-0.39, 0.29) is 0 Å². The number of benzene rings is 2. The molecule has 0 aliphatic heterocycles. The summed E-state index contributed by atoms with van der Waals surface area (Å²) in [6.45, 7) is 1.92. The first-order valence-electron chi connectivity index (χ1n) is 7.01. The van der Waals surface area contributed by atoms with E-state index in [9.17, 15) is 0 Å². The van der Waals surface area contributed by atoms with Gasteiger partial charge in [0.25, 0.3) is 0 Å². The van der Waals surface area contributed by atoms with Crippen molar-refractivity contribution >= 4 is 11.6 Å². The van der Waals surface area contributed by atoms with Gasteiger partial charge in [-0.05, 0) is 48.9 Å². The molecule has 112 valence electrons. The van der Waals surface area contributed by atoms with Gasteiger partial charge in [0.2, 0.25) is 0 Å². The first kappa shape index (κ1) is 14.7. The zero-order chi connectivity index (χ0) is 15.5. The average molecular weight is 314 g/mol. The molecular formula is C18H16ClNO2. The van der Waals surface area contributed by atoms with Crippen LogP contribution >= 0.6 is 11.6 Å². The van der Waals surface area contributed by atoms with Gasteiger partial charge in [-0.3, -0.25) is 0 Å². The lowest BCUT2D eigenvalue weighted by Gasteiger charge is -2.01. The number of oxazole rings is 1. The van der Waals surface area contributed by atoms with Gasteiger partial charge in [0.1, 0.15) is 17.2 Å². The largest absolute Gasteiger partial charge is 0.497 e. The lowest BCUT2D eigenvalue weighted by atomic mass is 10.1. The monoisotopic (exact) mass is 313 g/mol. The number of aryl methyl sites for hydroxylation is 1. The molecule has 0 unspecified atom stereocenters. The summed E-state index contributed by atoms with van der Waals surface area (Å²) in [6, 6.07) is 15.5. The van der Waals surface area contributed by atoms with Crippen LogP contribution in [0.1, 0.15) is 17.2 Å². The Labute approximate surface area is 134 Å². The maximum Gasteiger partial charge on any atom is 0.199 e. The molecule has 22 heavy (non-hydrogen) atoms. The summed E-state index contributed by atoms with van der Waals surface area (Å²) in [5.41, 5.74) is 2.95. The van der Waals surface area contributed by atoms with E-state index in [1.807, 2.05) is 55.5 Å². The van der Waals surface area contributed by atoms with Crippen molar-refractivity contribution in [3.63, 3.8) is 0 Å². The molecule has 0 N–H and O–H groups in total. The Bertz CT molecular complexity index is 778. The lowest BCUT2D eigenvalue weighted by Crippen LogP contribution is -1.88. The molecule has 0 aliphatic carbocycles. The van der Waals surface area contributed by atoms with Crippen molar-refractivity contribution in [1.82, 2.24) is 4.98 Å². The zero-order valence-electron chi connectivity index (χ0n) is 12.5. The fourth-order valence-corrected chi connectivity index (χ4v) is 2.58. The van der Waals surface area contributed by atoms with Crippen LogP contribution in [0.25, 0.3) is 11.3 Å². The molecule has 3 aromatic rings. The second kappa shape index (κ2) is 6.24. The van der Waals surface area contributed by atoms with E-state index in [1.165, 1.54) is 0 Å². The highest BCUT2D eigenvalue weighted by Gasteiger charge is 2.12. The summed E-state index contributed by atoms with van der Waals surface area (Å²) < 4.78 is 11.0. The smallest absolute Gasteiger partial charge is 0.199 e. The molecule has 0 radical (unpaired) electrons. The Morgan fingerprint density at radius 3 is 2.59 bits per heavy atom. The maximum absolute atomic E-state index is 6.01. The highest BCUT2D eigenvalue weighted by atomic mass is 35.5. The van der Waals surface area contributed by atoms with E-state index in [1.54, 1.807) is 7.11 Å². The number of aromatic nitrogens is 1. The molecule has 0 fully saturated rings. The minimum Gasteiger partial charge on any atom is -0.497 e. The molecule has 4 heteroatoms. The number of halogens is 1. The number of rotatable bonds is 4. The second-order valence-corrected chi connectivity index (χ2v) is 5.48. The molecule has 1 heterocycles. The van der Waals surface area contributed by atoms with E-state index in [2.05, 4.69) is 4.98 Å². The average Bonchev–Trinajstić information content (AvgIpc) is 2.88. The van der Waals surface area contributed by atoms with Gasteiger partial charge in [-0.1, -0.05) is 23.7 Å². The summed E-state index contributed by atoms with van der Waals surface area (Å²) in [6.07, 6.45) is 0.623. The summed E-state index contributed by atoms with van der Waals surface area (Å²) in [5.74, 6) is 2.32. The Balaban J connectivity index is 1.86. The van der Waals surface area contributed by atoms with Gasteiger partial charge in [-0.15, -0.1) is 0 Å². The van der Waals surface area contributed by atoms with Crippen LogP contribution in [-0.4, -0.2) is 12.1 Å². The van der Waals surface area contributed by atoms with Crippen molar-refractivity contribution in [3.8, 4) is 17.0 Å². The van der Waals surface area contributed by atoms with Crippen molar-refractivity contribution in [2.24, 2.45) is 0 Å². The highest BCUT2D eigenvalue weighted by Crippen LogP contribution is 2.26. The van der Waals surface area contributed by atoms with Gasteiger partial charge >= 0.3 is 0 Å². The number of nitrogens with zero attached hydrogens (tertiary/aromatic N) is 1. The Morgan fingerprint density at radius 2 is 1.91 bits per heavy atom. The predicted molar refractivity (Wildman–Crippen MR) is 87.5 cm³/mol. The molecule has 3 rings (SSSR count). The topological polar surface area (TPSA) is 35.3 Å². The summed E-state index contributed by atoms with van der Waals surface area (Å²) >= 11 is 6.01. The molecule has 0 bridgehead atoms. The van der Waals surface area contributed by atoms with Crippen molar-refractivity contribution in [3.05, 3.63) is 70.8 Å². The van der Waals surface area contributed by atoms with Crippen LogP contribution in [0.4, 0.5) is 0 Å². The summed E-state index contributed by atoms with van der Waals surface area (Å²) in [7, 11) is 1.65. The fraction of sp³-hybridized carbons (Fsp3) is 0.167. The van der Waals surface area contributed by atoms with E-state index in [0.717, 1.165) is 33.4 Å². The third-order valence-corrected chi connectivity index (χ3v) is 3.68. The third-order valence-electron chi connectivity index (χ3n) is 3.45. The number of hydrogen-bond acceptors (Lipinski definition) is 3. The molecule has 3 nitrogen and oxygen atoms in total. The van der Waals surface area contributed by atoms with Crippen LogP contribution in [0.2, 0.25) is 5.02 Å². The van der Waals surface area contributed by atoms with Gasteiger partial charge in [-0.2, -0.15) is 0 Å². The number of ether oxygens (including phenoxy) is 1. The van der Waals surface area contributed by atoms with E-state index >= 15 is 0 Å². The van der Waals surface area contributed by atoms with E-state index in [4.69, 9.17) is 20.8 Å². The molecule has 0 amide bonds. The van der Waals surface area contributed by atoms with Crippen LogP contribution in [0.5, 0.6) is 5.75 Å². The second-order valence-electron chi connectivity index (χ2n) is 5.05. The quantitative estimate of drug-likeness (QED) is 0.687. The first-order chi connectivity index (χ1) is 10.7. The Hall–Kier alpha value is -2.26. The fourth-order valence-electron chi connectivity index (χ4n) is 2.37. The van der Waals surface area contributed by atoms with Crippen LogP contribution in [0, 0.1) is 6.92 Å². The van der Waals surface area contributed by atoms with Gasteiger partial charge in [0.05, 0.1) is 7.11 Å². The minimum absolute atomic E-state index is 0.623. The number of hydrogen-bond donors (Lipinski definition) is 0. The number of methoxy groups -OCH3 is 1.